The minimum atomic E-state index is -0.716. The van der Waals surface area contributed by atoms with Crippen LogP contribution in [-0.2, 0) is 30.7 Å². The molecule has 0 bridgehead atoms. The number of likely N-dealkylation sites (N-methyl/N-ethyl adjacent to an activating group) is 1. The lowest BCUT2D eigenvalue weighted by Gasteiger charge is -2.31. The van der Waals surface area contributed by atoms with E-state index in [-0.39, 0.29) is 49.9 Å². The summed E-state index contributed by atoms with van der Waals surface area (Å²) in [7, 11) is 5.69. The Kier molecular flexibility index (Phi) is 22.0. The van der Waals surface area contributed by atoms with Crippen molar-refractivity contribution in [2.24, 2.45) is 11.8 Å². The van der Waals surface area contributed by atoms with Gasteiger partial charge in [-0.25, -0.2) is 37.5 Å². The Morgan fingerprint density at radius 3 is 1.41 bits per heavy atom. The largest absolute Gasteiger partial charge is 0.487 e. The number of anilines is 2. The fourth-order valence-corrected chi connectivity index (χ4v) is 8.24. The number of piperidine rings is 2. The number of rotatable bonds is 17. The number of hydrogen-bond donors (Lipinski definition) is 0. The summed E-state index contributed by atoms with van der Waals surface area (Å²) in [5.74, 6) is -1.62. The Hall–Kier alpha value is -6.62. The molecule has 0 radical (unpaired) electrons. The van der Waals surface area contributed by atoms with Gasteiger partial charge in [-0.1, -0.05) is 59.4 Å². The van der Waals surface area contributed by atoms with Gasteiger partial charge in [0, 0.05) is 89.8 Å². The minimum Gasteiger partial charge on any atom is -0.487 e. The normalized spacial score (nSPS) is 13.9. The van der Waals surface area contributed by atoms with Crippen LogP contribution in [0.25, 0.3) is 22.3 Å². The molecule has 3 aromatic carbocycles. The van der Waals surface area contributed by atoms with Gasteiger partial charge in [0.15, 0.2) is 34.8 Å². The van der Waals surface area contributed by atoms with Gasteiger partial charge in [-0.2, -0.15) is 5.10 Å². The Bertz CT molecular complexity index is 2570. The molecule has 0 atom stereocenters. The number of carbonyl (C=O) groups excluding carboxylic acids is 1. The second kappa shape index (κ2) is 28.0. The smallest absolute Gasteiger partial charge is 0.225 e. The van der Waals surface area contributed by atoms with Crippen molar-refractivity contribution in [1.82, 2.24) is 39.5 Å². The van der Waals surface area contributed by atoms with Crippen molar-refractivity contribution < 1.29 is 31.8 Å². The van der Waals surface area contributed by atoms with Gasteiger partial charge < -0.3 is 29.1 Å². The molecule has 0 saturated carbocycles. The molecule has 1 amide bonds. The number of hydrogen-bond acceptors (Lipinski definition) is 11. The van der Waals surface area contributed by atoms with Crippen molar-refractivity contribution in [2.45, 2.75) is 93.7 Å². The summed E-state index contributed by atoms with van der Waals surface area (Å²) in [4.78, 5) is 37.1. The first-order valence-corrected chi connectivity index (χ1v) is 25.1. The predicted octanol–water partition coefficient (Wildman–Crippen LogP) is 11.0. The van der Waals surface area contributed by atoms with Gasteiger partial charge in [0.05, 0.1) is 26.0 Å². The van der Waals surface area contributed by atoms with Crippen LogP contribution < -0.4 is 19.3 Å². The number of aromatic nitrogens is 6. The van der Waals surface area contributed by atoms with Gasteiger partial charge in [0.1, 0.15) is 0 Å². The van der Waals surface area contributed by atoms with Crippen molar-refractivity contribution in [3.8, 4) is 33.8 Å². The van der Waals surface area contributed by atoms with Crippen LogP contribution in [0.4, 0.5) is 29.5 Å². The predicted molar refractivity (Wildman–Crippen MR) is 282 cm³/mol. The lowest BCUT2D eigenvalue weighted by atomic mass is 9.98. The SMILES string of the molecule is C.CC.CCc1cnc(N2CCC(COc3c(F)cc(-c4ccc(CN(C)C(C)=O)cc4)cc3F)CC2)nc1.CCc1cnc(N2CCC(COc3c(F)cc(-c4cnn(CCN(C)C)c4)cc3F)CC2)nc1. The van der Waals surface area contributed by atoms with E-state index < -0.39 is 23.3 Å². The fourth-order valence-electron chi connectivity index (χ4n) is 8.24. The van der Waals surface area contributed by atoms with Crippen molar-refractivity contribution in [3.05, 3.63) is 126 Å². The van der Waals surface area contributed by atoms with Crippen molar-refractivity contribution >= 4 is 17.8 Å². The molecule has 2 saturated heterocycles. The molecule has 2 aliphatic rings. The third-order valence-corrected chi connectivity index (χ3v) is 12.9. The van der Waals surface area contributed by atoms with Crippen LogP contribution in [0.15, 0.2) is 85.7 Å². The topological polar surface area (TPSA) is 118 Å². The molecule has 5 heterocycles. The van der Waals surface area contributed by atoms with Gasteiger partial charge >= 0.3 is 0 Å². The molecule has 0 unspecified atom stereocenters. The van der Waals surface area contributed by atoms with Crippen molar-refractivity contribution in [3.63, 3.8) is 0 Å². The number of ether oxygens (including phenoxy) is 2. The van der Waals surface area contributed by atoms with Gasteiger partial charge in [-0.15, -0.1) is 0 Å². The fraction of sp³-hybridized carbons (Fsp3) is 0.464. The molecule has 3 aromatic heterocycles. The van der Waals surface area contributed by atoms with E-state index in [2.05, 4.69) is 48.7 Å². The Morgan fingerprint density at radius 2 is 1.03 bits per heavy atom. The van der Waals surface area contributed by atoms with Crippen LogP contribution in [-0.4, -0.2) is 113 Å². The molecule has 394 valence electrons. The number of nitrogens with zero attached hydrogens (tertiary/aromatic N) is 10. The third kappa shape index (κ3) is 16.2. The summed E-state index contributed by atoms with van der Waals surface area (Å²) in [6, 6.07) is 12.5. The summed E-state index contributed by atoms with van der Waals surface area (Å²) in [6.07, 6.45) is 16.1. The highest BCUT2D eigenvalue weighted by atomic mass is 19.1. The molecule has 73 heavy (non-hydrogen) atoms. The molecule has 0 spiro atoms. The Balaban J connectivity index is 0.000000259. The van der Waals surface area contributed by atoms with Crippen molar-refractivity contribution in [1.29, 1.82) is 0 Å². The summed E-state index contributed by atoms with van der Waals surface area (Å²) >= 11 is 0. The zero-order chi connectivity index (χ0) is 51.7. The lowest BCUT2D eigenvalue weighted by molar-refractivity contribution is -0.128. The zero-order valence-corrected chi connectivity index (χ0v) is 43.1. The Morgan fingerprint density at radius 1 is 0.616 bits per heavy atom. The quantitative estimate of drug-likeness (QED) is 0.0813. The first kappa shape index (κ1) is 57.3. The standard InChI is InChI=1S/C28H32F2N4O2.C25H32F2N6O.C2H6.CH4/c1-4-20-15-31-28(32-16-20)34-11-9-22(10-12-34)18-36-27-25(29)13-24(14-26(27)30)23-7-5-21(6-8-23)17-33(3)19(2)35;1-4-18-13-28-25(29-14-18)32-7-5-19(6-8-32)17-34-24-22(26)11-20(12-23(24)27)21-15-30-33(16-21)10-9-31(2)3;1-2;/h5-8,13-16,22H,4,9-12,17-18H2,1-3H3;11-16,19H,4-10,17H2,1-3H3;1-2H3;1H4. The maximum atomic E-state index is 14.8. The van der Waals surface area contributed by atoms with E-state index in [9.17, 15) is 22.4 Å². The van der Waals surface area contributed by atoms with E-state index in [1.807, 2.05) is 69.8 Å². The summed E-state index contributed by atoms with van der Waals surface area (Å²) < 4.78 is 72.1. The van der Waals surface area contributed by atoms with E-state index in [4.69, 9.17) is 9.47 Å². The molecule has 8 rings (SSSR count). The first-order valence-electron chi connectivity index (χ1n) is 25.1. The number of aryl methyl sites for hydroxylation is 2. The molecular weight excluding hydrogens is 937 g/mol. The third-order valence-electron chi connectivity index (χ3n) is 12.9. The van der Waals surface area contributed by atoms with Crippen LogP contribution in [0.1, 0.15) is 84.4 Å². The molecular formula is C56H74F4N10O3. The van der Waals surface area contributed by atoms with Gasteiger partial charge in [0.2, 0.25) is 17.8 Å². The summed E-state index contributed by atoms with van der Waals surface area (Å²) in [5, 5.41) is 4.28. The zero-order valence-electron chi connectivity index (χ0n) is 43.1. The maximum Gasteiger partial charge on any atom is 0.225 e. The van der Waals surface area contributed by atoms with Crippen LogP contribution in [0.5, 0.6) is 11.5 Å². The monoisotopic (exact) mass is 1010 g/mol. The molecule has 2 aliphatic heterocycles. The number of halogens is 4. The lowest BCUT2D eigenvalue weighted by Crippen LogP contribution is -2.36. The highest BCUT2D eigenvalue weighted by Gasteiger charge is 2.25. The summed E-state index contributed by atoms with van der Waals surface area (Å²) in [6.45, 7) is 15.3. The van der Waals surface area contributed by atoms with Gasteiger partial charge in [-0.3, -0.25) is 9.48 Å². The van der Waals surface area contributed by atoms with E-state index in [0.29, 0.717) is 35.3 Å². The van der Waals surface area contributed by atoms with E-state index >= 15 is 0 Å². The number of carbonyl (C=O) groups is 1. The van der Waals surface area contributed by atoms with E-state index in [1.54, 1.807) is 41.2 Å². The van der Waals surface area contributed by atoms with Gasteiger partial charge in [-0.05, 0) is 122 Å². The molecule has 6 aromatic rings. The molecule has 0 aliphatic carbocycles. The summed E-state index contributed by atoms with van der Waals surface area (Å²) in [5.41, 5.74) is 5.40. The second-order valence-electron chi connectivity index (χ2n) is 18.4. The van der Waals surface area contributed by atoms with Gasteiger partial charge in [0.25, 0.3) is 0 Å². The average molecular weight is 1010 g/mol. The van der Waals surface area contributed by atoms with Crippen LogP contribution in [0.3, 0.4) is 0 Å². The van der Waals surface area contributed by atoms with E-state index in [0.717, 1.165) is 99.8 Å². The Labute approximate surface area is 429 Å². The van der Waals surface area contributed by atoms with Crippen LogP contribution in [0, 0.1) is 35.1 Å². The van der Waals surface area contributed by atoms with Crippen molar-refractivity contribution in [2.75, 3.05) is 76.9 Å². The number of benzene rings is 3. The first-order chi connectivity index (χ1) is 34.8. The molecule has 13 nitrogen and oxygen atoms in total. The number of amides is 1. The highest BCUT2D eigenvalue weighted by molar-refractivity contribution is 5.73. The second-order valence-corrected chi connectivity index (χ2v) is 18.4. The van der Waals surface area contributed by atoms with Crippen LogP contribution >= 0.6 is 0 Å². The molecule has 0 N–H and O–H groups in total. The average Bonchev–Trinajstić information content (AvgIpc) is 3.88. The highest BCUT2D eigenvalue weighted by Crippen LogP contribution is 2.32. The van der Waals surface area contributed by atoms with E-state index in [1.165, 1.54) is 31.2 Å². The van der Waals surface area contributed by atoms with Crippen LogP contribution in [0.2, 0.25) is 0 Å². The molecule has 17 heteroatoms. The molecule has 2 fully saturated rings. The minimum absolute atomic E-state index is 0. The maximum absolute atomic E-state index is 14.8.